The van der Waals surface area contributed by atoms with Gasteiger partial charge in [-0.3, -0.25) is 9.59 Å². The van der Waals surface area contributed by atoms with Gasteiger partial charge in [0.2, 0.25) is 5.91 Å². The first-order valence-corrected chi connectivity index (χ1v) is 5.72. The predicted octanol–water partition coefficient (Wildman–Crippen LogP) is 0.814. The van der Waals surface area contributed by atoms with Crippen LogP contribution < -0.4 is 10.6 Å². The molecule has 0 aliphatic heterocycles. The minimum absolute atomic E-state index is 0.0428. The summed E-state index contributed by atoms with van der Waals surface area (Å²) >= 11 is 0. The quantitative estimate of drug-likeness (QED) is 0.805. The molecule has 0 heterocycles. The van der Waals surface area contributed by atoms with Crippen LogP contribution in [0.15, 0.2) is 24.3 Å². The molecule has 0 saturated heterocycles. The number of carbonyl (C=O) groups excluding carboxylic acids is 2. The Hall–Kier alpha value is -2.35. The molecule has 0 aliphatic carbocycles. The van der Waals surface area contributed by atoms with Crippen molar-refractivity contribution in [2.24, 2.45) is 0 Å². The standard InChI is InChI=1S/C13H15N3O2/c1-2-7-15-12(17)9-16-13(18)11-5-3-10(8-14)4-6-11/h3-6H,2,7,9H2,1H3,(H,15,17)(H,16,18). The van der Waals surface area contributed by atoms with Crippen LogP contribution in [-0.2, 0) is 4.79 Å². The molecule has 0 aliphatic rings. The Balaban J connectivity index is 2.45. The lowest BCUT2D eigenvalue weighted by Gasteiger charge is -2.05. The summed E-state index contributed by atoms with van der Waals surface area (Å²) in [5.74, 6) is -0.537. The van der Waals surface area contributed by atoms with Crippen LogP contribution in [0.2, 0.25) is 0 Å². The molecule has 18 heavy (non-hydrogen) atoms. The van der Waals surface area contributed by atoms with Crippen molar-refractivity contribution in [3.8, 4) is 6.07 Å². The highest BCUT2D eigenvalue weighted by atomic mass is 16.2. The van der Waals surface area contributed by atoms with Crippen LogP contribution in [0.4, 0.5) is 0 Å². The summed E-state index contributed by atoms with van der Waals surface area (Å²) < 4.78 is 0. The monoisotopic (exact) mass is 245 g/mol. The Morgan fingerprint density at radius 2 is 1.89 bits per heavy atom. The first-order valence-electron chi connectivity index (χ1n) is 5.72. The summed E-state index contributed by atoms with van der Waals surface area (Å²) in [5, 5.41) is 13.8. The highest BCUT2D eigenvalue weighted by Crippen LogP contribution is 2.02. The van der Waals surface area contributed by atoms with Crippen LogP contribution in [0.5, 0.6) is 0 Å². The second-order valence-electron chi connectivity index (χ2n) is 3.72. The SMILES string of the molecule is CCCNC(=O)CNC(=O)c1ccc(C#N)cc1. The maximum Gasteiger partial charge on any atom is 0.251 e. The molecular formula is C13H15N3O2. The highest BCUT2D eigenvalue weighted by molar-refractivity contribution is 5.96. The number of benzene rings is 1. The third kappa shape index (κ3) is 4.26. The van der Waals surface area contributed by atoms with E-state index in [0.717, 1.165) is 6.42 Å². The van der Waals surface area contributed by atoms with Crippen LogP contribution in [-0.4, -0.2) is 24.9 Å². The average molecular weight is 245 g/mol. The summed E-state index contributed by atoms with van der Waals surface area (Å²) in [5.41, 5.74) is 0.921. The molecule has 0 radical (unpaired) electrons. The third-order valence-electron chi connectivity index (χ3n) is 2.26. The van der Waals surface area contributed by atoms with Crippen LogP contribution in [0.3, 0.4) is 0 Å². The van der Waals surface area contributed by atoms with Crippen molar-refractivity contribution in [3.63, 3.8) is 0 Å². The van der Waals surface area contributed by atoms with E-state index in [1.807, 2.05) is 13.0 Å². The lowest BCUT2D eigenvalue weighted by molar-refractivity contribution is -0.120. The molecule has 2 amide bonds. The number of rotatable bonds is 5. The average Bonchev–Trinajstić information content (AvgIpc) is 2.42. The van der Waals surface area contributed by atoms with Gasteiger partial charge in [0, 0.05) is 12.1 Å². The molecule has 2 N–H and O–H groups in total. The molecule has 0 bridgehead atoms. The topological polar surface area (TPSA) is 82.0 Å². The molecule has 5 heteroatoms. The molecule has 0 unspecified atom stereocenters. The van der Waals surface area contributed by atoms with Gasteiger partial charge in [0.15, 0.2) is 0 Å². The zero-order valence-electron chi connectivity index (χ0n) is 10.2. The van der Waals surface area contributed by atoms with E-state index < -0.39 is 0 Å². The molecule has 0 saturated carbocycles. The molecular weight excluding hydrogens is 230 g/mol. The van der Waals surface area contributed by atoms with E-state index in [9.17, 15) is 9.59 Å². The van der Waals surface area contributed by atoms with Crippen molar-refractivity contribution in [2.75, 3.05) is 13.1 Å². The molecule has 0 atom stereocenters. The number of nitrogens with one attached hydrogen (secondary N) is 2. The van der Waals surface area contributed by atoms with Gasteiger partial charge in [0.05, 0.1) is 18.2 Å². The van der Waals surface area contributed by atoms with Crippen LogP contribution >= 0.6 is 0 Å². The molecule has 1 aromatic rings. The van der Waals surface area contributed by atoms with Gasteiger partial charge in [0.1, 0.15) is 0 Å². The highest BCUT2D eigenvalue weighted by Gasteiger charge is 2.07. The first-order chi connectivity index (χ1) is 8.67. The van der Waals surface area contributed by atoms with E-state index in [-0.39, 0.29) is 18.4 Å². The van der Waals surface area contributed by atoms with Crippen molar-refractivity contribution >= 4 is 11.8 Å². The largest absolute Gasteiger partial charge is 0.355 e. The van der Waals surface area contributed by atoms with E-state index in [1.165, 1.54) is 0 Å². The fourth-order valence-corrected chi connectivity index (χ4v) is 1.29. The maximum atomic E-state index is 11.6. The second kappa shape index (κ2) is 7.07. The molecule has 94 valence electrons. The number of hydrogen-bond acceptors (Lipinski definition) is 3. The predicted molar refractivity (Wildman–Crippen MR) is 66.8 cm³/mol. The van der Waals surface area contributed by atoms with Crippen LogP contribution in [0.25, 0.3) is 0 Å². The van der Waals surface area contributed by atoms with Crippen molar-refractivity contribution in [3.05, 3.63) is 35.4 Å². The molecule has 0 spiro atoms. The third-order valence-corrected chi connectivity index (χ3v) is 2.26. The van der Waals surface area contributed by atoms with Gasteiger partial charge in [0.25, 0.3) is 5.91 Å². The van der Waals surface area contributed by atoms with Gasteiger partial charge in [-0.15, -0.1) is 0 Å². The van der Waals surface area contributed by atoms with Crippen molar-refractivity contribution in [1.29, 1.82) is 5.26 Å². The fraction of sp³-hybridized carbons (Fsp3) is 0.308. The molecule has 1 rings (SSSR count). The van der Waals surface area contributed by atoms with Gasteiger partial charge < -0.3 is 10.6 Å². The number of carbonyl (C=O) groups is 2. The zero-order valence-corrected chi connectivity index (χ0v) is 10.2. The minimum atomic E-state index is -0.328. The van der Waals surface area contributed by atoms with Gasteiger partial charge in [-0.25, -0.2) is 0 Å². The number of nitriles is 1. The van der Waals surface area contributed by atoms with Crippen LogP contribution in [0.1, 0.15) is 29.3 Å². The number of amides is 2. The van der Waals surface area contributed by atoms with Crippen molar-refractivity contribution in [2.45, 2.75) is 13.3 Å². The molecule has 5 nitrogen and oxygen atoms in total. The van der Waals surface area contributed by atoms with E-state index in [2.05, 4.69) is 10.6 Å². The fourth-order valence-electron chi connectivity index (χ4n) is 1.29. The molecule has 1 aromatic carbocycles. The Morgan fingerprint density at radius 3 is 2.44 bits per heavy atom. The number of nitrogens with zero attached hydrogens (tertiary/aromatic N) is 1. The van der Waals surface area contributed by atoms with Crippen LogP contribution in [0, 0.1) is 11.3 Å². The Bertz CT molecular complexity index is 460. The van der Waals surface area contributed by atoms with Gasteiger partial charge >= 0.3 is 0 Å². The van der Waals surface area contributed by atoms with Gasteiger partial charge in [-0.05, 0) is 30.7 Å². The Morgan fingerprint density at radius 1 is 1.22 bits per heavy atom. The zero-order chi connectivity index (χ0) is 13.4. The number of hydrogen-bond donors (Lipinski definition) is 2. The first kappa shape index (κ1) is 13.7. The maximum absolute atomic E-state index is 11.6. The smallest absolute Gasteiger partial charge is 0.251 e. The Kier molecular flexibility index (Phi) is 5.39. The summed E-state index contributed by atoms with van der Waals surface area (Å²) in [6, 6.07) is 8.20. The minimum Gasteiger partial charge on any atom is -0.355 e. The van der Waals surface area contributed by atoms with Gasteiger partial charge in [-0.1, -0.05) is 6.92 Å². The Labute approximate surface area is 106 Å². The summed E-state index contributed by atoms with van der Waals surface area (Å²) in [4.78, 5) is 22.9. The summed E-state index contributed by atoms with van der Waals surface area (Å²) in [7, 11) is 0. The lowest BCUT2D eigenvalue weighted by atomic mass is 10.1. The van der Waals surface area contributed by atoms with Crippen molar-refractivity contribution in [1.82, 2.24) is 10.6 Å². The summed E-state index contributed by atoms with van der Waals surface area (Å²) in [6.45, 7) is 2.51. The van der Waals surface area contributed by atoms with E-state index >= 15 is 0 Å². The summed E-state index contributed by atoms with van der Waals surface area (Å²) in [6.07, 6.45) is 0.856. The van der Waals surface area contributed by atoms with E-state index in [4.69, 9.17) is 5.26 Å². The van der Waals surface area contributed by atoms with E-state index in [0.29, 0.717) is 17.7 Å². The van der Waals surface area contributed by atoms with E-state index in [1.54, 1.807) is 24.3 Å². The normalized spacial score (nSPS) is 9.33. The lowest BCUT2D eigenvalue weighted by Crippen LogP contribution is -2.37. The second-order valence-corrected chi connectivity index (χ2v) is 3.72. The van der Waals surface area contributed by atoms with Crippen molar-refractivity contribution < 1.29 is 9.59 Å². The van der Waals surface area contributed by atoms with Gasteiger partial charge in [-0.2, -0.15) is 5.26 Å². The molecule has 0 aromatic heterocycles. The molecule has 0 fully saturated rings.